The van der Waals surface area contributed by atoms with E-state index >= 15 is 0 Å². The molecule has 1 aliphatic heterocycles. The van der Waals surface area contributed by atoms with E-state index in [1.807, 2.05) is 54.6 Å². The highest BCUT2D eigenvalue weighted by Gasteiger charge is 2.33. The van der Waals surface area contributed by atoms with E-state index in [1.54, 1.807) is 14.2 Å². The van der Waals surface area contributed by atoms with Gasteiger partial charge in [-0.2, -0.15) is 0 Å². The maximum atomic E-state index is 13.2. The molecule has 0 spiro atoms. The Morgan fingerprint density at radius 2 is 1.88 bits per heavy atom. The number of hydrogen-bond acceptors (Lipinski definition) is 7. The molecular weight excluding hydrogens is 448 g/mol. The molecule has 0 radical (unpaired) electrons. The number of rotatable bonds is 7. The SMILES string of the molecule is COc1ccccc1-c1nc2sc(N3CCC[C@@H]3C(=O)CCc3ccccc3)nc2c(=O)n1C. The Labute approximate surface area is 201 Å². The summed E-state index contributed by atoms with van der Waals surface area (Å²) in [5.74, 6) is 1.40. The normalized spacial score (nSPS) is 15.7. The molecule has 1 atom stereocenters. The van der Waals surface area contributed by atoms with Crippen molar-refractivity contribution in [3.05, 3.63) is 70.5 Å². The molecule has 0 aliphatic carbocycles. The average molecular weight is 475 g/mol. The molecule has 3 heterocycles. The lowest BCUT2D eigenvalue weighted by Crippen LogP contribution is -2.36. The Morgan fingerprint density at radius 1 is 1.12 bits per heavy atom. The predicted molar refractivity (Wildman–Crippen MR) is 135 cm³/mol. The Morgan fingerprint density at radius 3 is 2.68 bits per heavy atom. The molecule has 4 aromatic rings. The highest BCUT2D eigenvalue weighted by atomic mass is 32.1. The van der Waals surface area contributed by atoms with Crippen LogP contribution in [0.4, 0.5) is 5.13 Å². The van der Waals surface area contributed by atoms with Crippen molar-refractivity contribution in [2.24, 2.45) is 7.05 Å². The van der Waals surface area contributed by atoms with Crippen LogP contribution in [0, 0.1) is 0 Å². The fourth-order valence-corrected chi connectivity index (χ4v) is 5.55. The van der Waals surface area contributed by atoms with Gasteiger partial charge in [0, 0.05) is 20.0 Å². The number of nitrogens with zero attached hydrogens (tertiary/aromatic N) is 4. The molecule has 1 saturated heterocycles. The van der Waals surface area contributed by atoms with Crippen LogP contribution in [-0.4, -0.2) is 40.0 Å². The number of carbonyl (C=O) groups excluding carboxylic acids is 1. The van der Waals surface area contributed by atoms with E-state index in [0.29, 0.717) is 33.5 Å². The Balaban J connectivity index is 1.45. The molecule has 34 heavy (non-hydrogen) atoms. The van der Waals surface area contributed by atoms with E-state index in [0.717, 1.165) is 36.9 Å². The van der Waals surface area contributed by atoms with Gasteiger partial charge in [0.05, 0.1) is 18.7 Å². The minimum Gasteiger partial charge on any atom is -0.496 e. The number of aromatic nitrogens is 3. The Bertz CT molecular complexity index is 1400. The van der Waals surface area contributed by atoms with E-state index in [1.165, 1.54) is 15.9 Å². The van der Waals surface area contributed by atoms with Crippen molar-refractivity contribution in [2.45, 2.75) is 31.7 Å². The highest BCUT2D eigenvalue weighted by molar-refractivity contribution is 7.21. The van der Waals surface area contributed by atoms with Gasteiger partial charge in [-0.25, -0.2) is 9.97 Å². The van der Waals surface area contributed by atoms with Gasteiger partial charge in [-0.05, 0) is 37.0 Å². The van der Waals surface area contributed by atoms with Crippen LogP contribution in [0.2, 0.25) is 0 Å². The van der Waals surface area contributed by atoms with Gasteiger partial charge in [0.15, 0.2) is 21.3 Å². The maximum Gasteiger partial charge on any atom is 0.281 e. The standard InChI is InChI=1S/C26H26N4O3S/c1-29-23(18-11-6-7-13-21(18)33-2)28-24-22(25(29)32)27-26(34-24)30-16-8-12-19(30)20(31)15-14-17-9-4-3-5-10-17/h3-7,9-11,13,19H,8,12,14-16H2,1-2H3/t19-/m1/s1. The molecule has 2 aromatic carbocycles. The van der Waals surface area contributed by atoms with E-state index < -0.39 is 0 Å². The number of anilines is 1. The minimum absolute atomic E-state index is 0.207. The average Bonchev–Trinajstić information content (AvgIpc) is 3.53. The lowest BCUT2D eigenvalue weighted by atomic mass is 10.0. The number of methoxy groups -OCH3 is 1. The number of fused-ring (bicyclic) bond motifs is 1. The van der Waals surface area contributed by atoms with Crippen molar-refractivity contribution >= 4 is 32.6 Å². The topological polar surface area (TPSA) is 77.3 Å². The largest absolute Gasteiger partial charge is 0.496 e. The van der Waals surface area contributed by atoms with Crippen LogP contribution in [-0.2, 0) is 18.3 Å². The summed E-state index contributed by atoms with van der Waals surface area (Å²) < 4.78 is 6.99. The number of para-hydroxylation sites is 1. The van der Waals surface area contributed by atoms with Crippen molar-refractivity contribution in [3.8, 4) is 17.1 Å². The number of benzene rings is 2. The zero-order chi connectivity index (χ0) is 23.7. The first-order valence-electron chi connectivity index (χ1n) is 11.4. The first kappa shape index (κ1) is 22.3. The molecule has 2 aromatic heterocycles. The summed E-state index contributed by atoms with van der Waals surface area (Å²) >= 11 is 1.37. The first-order chi connectivity index (χ1) is 16.6. The number of hydrogen-bond donors (Lipinski definition) is 0. The van der Waals surface area contributed by atoms with Gasteiger partial charge in [0.25, 0.3) is 5.56 Å². The number of Topliss-reactive ketones (excluding diaryl/α,β-unsaturated/α-hetero) is 1. The Kier molecular flexibility index (Phi) is 6.15. The highest BCUT2D eigenvalue weighted by Crippen LogP contribution is 2.34. The number of aryl methyl sites for hydroxylation is 1. The lowest BCUT2D eigenvalue weighted by Gasteiger charge is -2.22. The second kappa shape index (κ2) is 9.38. The molecule has 174 valence electrons. The molecule has 0 N–H and O–H groups in total. The van der Waals surface area contributed by atoms with Crippen LogP contribution in [0.3, 0.4) is 0 Å². The van der Waals surface area contributed by atoms with Gasteiger partial charge in [-0.15, -0.1) is 0 Å². The zero-order valence-electron chi connectivity index (χ0n) is 19.2. The summed E-state index contributed by atoms with van der Waals surface area (Å²) in [7, 11) is 3.30. The van der Waals surface area contributed by atoms with Gasteiger partial charge < -0.3 is 9.64 Å². The number of carbonyl (C=O) groups is 1. The molecule has 0 bridgehead atoms. The van der Waals surface area contributed by atoms with Crippen molar-refractivity contribution in [2.75, 3.05) is 18.6 Å². The van der Waals surface area contributed by atoms with Crippen molar-refractivity contribution in [1.82, 2.24) is 14.5 Å². The van der Waals surface area contributed by atoms with E-state index in [4.69, 9.17) is 9.72 Å². The maximum absolute atomic E-state index is 13.2. The minimum atomic E-state index is -0.209. The molecule has 0 amide bonds. The molecule has 7 nitrogen and oxygen atoms in total. The first-order valence-corrected chi connectivity index (χ1v) is 12.2. The van der Waals surface area contributed by atoms with Crippen molar-refractivity contribution < 1.29 is 9.53 Å². The molecule has 0 unspecified atom stereocenters. The van der Waals surface area contributed by atoms with Gasteiger partial charge in [-0.1, -0.05) is 53.8 Å². The number of thiazole rings is 1. The quantitative estimate of drug-likeness (QED) is 0.399. The number of ketones is 1. The van der Waals surface area contributed by atoms with E-state index in [9.17, 15) is 9.59 Å². The fourth-order valence-electron chi connectivity index (χ4n) is 4.54. The van der Waals surface area contributed by atoms with Crippen LogP contribution in [0.5, 0.6) is 5.75 Å². The molecule has 1 aliphatic rings. The van der Waals surface area contributed by atoms with Gasteiger partial charge in [0.1, 0.15) is 11.6 Å². The van der Waals surface area contributed by atoms with Crippen LogP contribution < -0.4 is 15.2 Å². The Hall–Kier alpha value is -3.52. The van der Waals surface area contributed by atoms with Crippen LogP contribution in [0.25, 0.3) is 21.7 Å². The third-order valence-electron chi connectivity index (χ3n) is 6.35. The monoisotopic (exact) mass is 474 g/mol. The molecule has 0 saturated carbocycles. The van der Waals surface area contributed by atoms with Crippen molar-refractivity contribution in [1.29, 1.82) is 0 Å². The van der Waals surface area contributed by atoms with Gasteiger partial charge in [0.2, 0.25) is 0 Å². The number of ether oxygens (including phenoxy) is 1. The molecule has 1 fully saturated rings. The van der Waals surface area contributed by atoms with Gasteiger partial charge >= 0.3 is 0 Å². The summed E-state index contributed by atoms with van der Waals surface area (Å²) in [6.45, 7) is 0.751. The summed E-state index contributed by atoms with van der Waals surface area (Å²) in [5, 5.41) is 0.687. The lowest BCUT2D eigenvalue weighted by molar-refractivity contribution is -0.120. The van der Waals surface area contributed by atoms with Crippen LogP contribution in [0.15, 0.2) is 59.4 Å². The second-order valence-corrected chi connectivity index (χ2v) is 9.41. The summed E-state index contributed by atoms with van der Waals surface area (Å²) in [6, 6.07) is 17.4. The van der Waals surface area contributed by atoms with Crippen molar-refractivity contribution in [3.63, 3.8) is 0 Å². The smallest absolute Gasteiger partial charge is 0.281 e. The summed E-state index contributed by atoms with van der Waals surface area (Å²) in [6.07, 6.45) is 2.96. The predicted octanol–water partition coefficient (Wildman–Crippen LogP) is 4.24. The molecular formula is C26H26N4O3S. The molecule has 5 rings (SSSR count). The van der Waals surface area contributed by atoms with Crippen LogP contribution in [0.1, 0.15) is 24.8 Å². The summed E-state index contributed by atoms with van der Waals surface area (Å²) in [5.41, 5.74) is 2.04. The third-order valence-corrected chi connectivity index (χ3v) is 7.34. The molecule has 8 heteroatoms. The third kappa shape index (κ3) is 4.09. The van der Waals surface area contributed by atoms with Crippen LogP contribution >= 0.6 is 11.3 Å². The second-order valence-electron chi connectivity index (χ2n) is 8.45. The summed E-state index contributed by atoms with van der Waals surface area (Å²) in [4.78, 5) is 38.3. The fraction of sp³-hybridized carbons (Fsp3) is 0.308. The van der Waals surface area contributed by atoms with E-state index in [2.05, 4.69) is 9.88 Å². The van der Waals surface area contributed by atoms with Gasteiger partial charge in [-0.3, -0.25) is 14.2 Å². The zero-order valence-corrected chi connectivity index (χ0v) is 20.0. The van der Waals surface area contributed by atoms with E-state index in [-0.39, 0.29) is 17.4 Å².